The van der Waals surface area contributed by atoms with Gasteiger partial charge in [0.25, 0.3) is 5.56 Å². The van der Waals surface area contributed by atoms with Gasteiger partial charge in [-0.1, -0.05) is 5.18 Å². The van der Waals surface area contributed by atoms with E-state index in [2.05, 4.69) is 21.1 Å². The number of nitroso groups, excluding NO2 is 1. The first kappa shape index (κ1) is 23.5. The van der Waals surface area contributed by atoms with Crippen LogP contribution in [0.3, 0.4) is 0 Å². The molecular weight excluding hydrogens is 500 g/mol. The van der Waals surface area contributed by atoms with Crippen LogP contribution in [0.4, 0.5) is 17.6 Å². The van der Waals surface area contributed by atoms with Crippen molar-refractivity contribution in [3.63, 3.8) is 0 Å². The lowest BCUT2D eigenvalue weighted by molar-refractivity contribution is 0.296. The fourth-order valence-corrected chi connectivity index (χ4v) is 3.30. The van der Waals surface area contributed by atoms with Crippen molar-refractivity contribution in [3.05, 3.63) is 90.7 Å². The van der Waals surface area contributed by atoms with Crippen LogP contribution in [0, 0.1) is 35.1 Å². The Bertz CT molecular complexity index is 1210. The van der Waals surface area contributed by atoms with Crippen molar-refractivity contribution in [2.24, 2.45) is 5.18 Å². The molecule has 0 radical (unpaired) electrons. The van der Waals surface area contributed by atoms with E-state index < -0.39 is 34.5 Å². The molecule has 0 aliphatic carbocycles. The highest BCUT2D eigenvalue weighted by Gasteiger charge is 2.21. The predicted molar refractivity (Wildman–Crippen MR) is 111 cm³/mol. The SMILES string of the molecule is Cc1cc(OCc2ccc(F)cc2F)c(Br)c(=O)n1-c1c(F)cc(OCCN=O)cc1F. The summed E-state index contributed by atoms with van der Waals surface area (Å²) in [6, 6.07) is 6.06. The summed E-state index contributed by atoms with van der Waals surface area (Å²) >= 11 is 3.05. The normalized spacial score (nSPS) is 10.8. The second-order valence-corrected chi connectivity index (χ2v) is 7.36. The second kappa shape index (κ2) is 9.94. The van der Waals surface area contributed by atoms with Crippen molar-refractivity contribution in [3.8, 4) is 17.2 Å². The van der Waals surface area contributed by atoms with Crippen LogP contribution in [-0.4, -0.2) is 17.7 Å². The average Bonchev–Trinajstić information content (AvgIpc) is 2.73. The third-order valence-corrected chi connectivity index (χ3v) is 5.09. The maximum Gasteiger partial charge on any atom is 0.273 e. The quantitative estimate of drug-likeness (QED) is 0.235. The number of pyridine rings is 1. The topological polar surface area (TPSA) is 69.9 Å². The maximum absolute atomic E-state index is 14.7. The molecule has 0 unspecified atom stereocenters. The van der Waals surface area contributed by atoms with E-state index in [9.17, 15) is 27.3 Å². The first-order valence-corrected chi connectivity index (χ1v) is 9.92. The molecular formula is C21H15BrF4N2O4. The summed E-state index contributed by atoms with van der Waals surface area (Å²) < 4.78 is 67.3. The van der Waals surface area contributed by atoms with Gasteiger partial charge in [-0.3, -0.25) is 9.36 Å². The number of nitrogens with zero attached hydrogens (tertiary/aromatic N) is 2. The summed E-state index contributed by atoms with van der Waals surface area (Å²) in [4.78, 5) is 22.9. The second-order valence-electron chi connectivity index (χ2n) is 6.57. The molecule has 0 N–H and O–H groups in total. The van der Waals surface area contributed by atoms with Crippen molar-refractivity contribution in [2.75, 3.05) is 13.2 Å². The van der Waals surface area contributed by atoms with Crippen LogP contribution in [0.1, 0.15) is 11.3 Å². The highest BCUT2D eigenvalue weighted by Crippen LogP contribution is 2.29. The molecule has 0 aliphatic rings. The van der Waals surface area contributed by atoms with Gasteiger partial charge in [0.2, 0.25) is 0 Å². The lowest BCUT2D eigenvalue weighted by atomic mass is 10.2. The Morgan fingerprint density at radius 1 is 1.00 bits per heavy atom. The summed E-state index contributed by atoms with van der Waals surface area (Å²) in [7, 11) is 0. The van der Waals surface area contributed by atoms with E-state index in [0.29, 0.717) is 6.07 Å². The van der Waals surface area contributed by atoms with E-state index in [-0.39, 0.29) is 47.0 Å². The fourth-order valence-electron chi connectivity index (χ4n) is 2.90. The Hall–Kier alpha value is -3.21. The van der Waals surface area contributed by atoms with Crippen LogP contribution in [0.2, 0.25) is 0 Å². The zero-order chi connectivity index (χ0) is 23.4. The standard InChI is InChI=1S/C21H15BrF4N2O4/c1-11-6-18(32-10-12-2-3-13(23)7-15(12)24)19(22)21(29)28(11)20-16(25)8-14(9-17(20)26)31-5-4-27-30/h2-3,6-9H,4-5,10H2,1H3. The Labute approximate surface area is 187 Å². The molecule has 0 aliphatic heterocycles. The zero-order valence-corrected chi connectivity index (χ0v) is 18.1. The van der Waals surface area contributed by atoms with E-state index in [1.54, 1.807) is 0 Å². The molecule has 0 bridgehead atoms. The minimum Gasteiger partial charge on any atom is -0.491 e. The molecule has 3 rings (SSSR count). The summed E-state index contributed by atoms with van der Waals surface area (Å²) in [6.07, 6.45) is 0. The molecule has 2 aromatic carbocycles. The van der Waals surface area contributed by atoms with Gasteiger partial charge < -0.3 is 9.47 Å². The van der Waals surface area contributed by atoms with Crippen molar-refractivity contribution < 1.29 is 27.0 Å². The number of hydrogen-bond acceptors (Lipinski definition) is 5. The molecule has 1 aromatic heterocycles. The summed E-state index contributed by atoms with van der Waals surface area (Å²) in [6.45, 7) is 0.767. The molecule has 1 heterocycles. The third kappa shape index (κ3) is 4.98. The van der Waals surface area contributed by atoms with Crippen LogP contribution >= 0.6 is 15.9 Å². The molecule has 0 fully saturated rings. The predicted octanol–water partition coefficient (Wildman–Crippen LogP) is 5.19. The van der Waals surface area contributed by atoms with Crippen LogP contribution in [0.25, 0.3) is 5.69 Å². The summed E-state index contributed by atoms with van der Waals surface area (Å²) in [5.74, 6) is -3.86. The maximum atomic E-state index is 14.7. The van der Waals surface area contributed by atoms with Crippen molar-refractivity contribution in [1.29, 1.82) is 0 Å². The number of benzene rings is 2. The Morgan fingerprint density at radius 2 is 1.69 bits per heavy atom. The highest BCUT2D eigenvalue weighted by atomic mass is 79.9. The molecule has 0 spiro atoms. The van der Waals surface area contributed by atoms with Crippen molar-refractivity contribution >= 4 is 15.9 Å². The number of rotatable bonds is 8. The van der Waals surface area contributed by atoms with E-state index in [0.717, 1.165) is 22.8 Å². The number of ether oxygens (including phenoxy) is 2. The molecule has 11 heteroatoms. The molecule has 32 heavy (non-hydrogen) atoms. The van der Waals surface area contributed by atoms with Gasteiger partial charge in [0.15, 0.2) is 11.6 Å². The van der Waals surface area contributed by atoms with Crippen LogP contribution < -0.4 is 15.0 Å². The van der Waals surface area contributed by atoms with E-state index >= 15 is 0 Å². The van der Waals surface area contributed by atoms with Gasteiger partial charge in [-0.2, -0.15) is 4.91 Å². The van der Waals surface area contributed by atoms with Crippen molar-refractivity contribution in [2.45, 2.75) is 13.5 Å². The minimum absolute atomic E-state index is 0.00890. The Morgan fingerprint density at radius 3 is 2.31 bits per heavy atom. The Kier molecular flexibility index (Phi) is 7.29. The first-order chi connectivity index (χ1) is 15.2. The van der Waals surface area contributed by atoms with Gasteiger partial charge in [0, 0.05) is 35.5 Å². The monoisotopic (exact) mass is 514 g/mol. The largest absolute Gasteiger partial charge is 0.491 e. The van der Waals surface area contributed by atoms with Crippen molar-refractivity contribution in [1.82, 2.24) is 4.57 Å². The molecule has 0 saturated carbocycles. The van der Waals surface area contributed by atoms with Gasteiger partial charge in [0.1, 0.15) is 53.1 Å². The number of aromatic nitrogens is 1. The van der Waals surface area contributed by atoms with Gasteiger partial charge in [-0.05, 0) is 35.0 Å². The van der Waals surface area contributed by atoms with E-state index in [1.807, 2.05) is 0 Å². The van der Waals surface area contributed by atoms with Gasteiger partial charge in [0.05, 0.1) is 0 Å². The summed E-state index contributed by atoms with van der Waals surface area (Å²) in [5.41, 5.74) is -1.27. The molecule has 0 amide bonds. The van der Waals surface area contributed by atoms with Crippen LogP contribution in [0.5, 0.6) is 11.5 Å². The number of halogens is 5. The fraction of sp³-hybridized carbons (Fsp3) is 0.190. The van der Waals surface area contributed by atoms with Gasteiger partial charge in [-0.15, -0.1) is 0 Å². The van der Waals surface area contributed by atoms with Gasteiger partial charge in [-0.25, -0.2) is 17.6 Å². The van der Waals surface area contributed by atoms with Gasteiger partial charge >= 0.3 is 0 Å². The van der Waals surface area contributed by atoms with Crippen LogP contribution in [-0.2, 0) is 6.61 Å². The average molecular weight is 515 g/mol. The molecule has 0 saturated heterocycles. The lowest BCUT2D eigenvalue weighted by Crippen LogP contribution is -2.24. The van der Waals surface area contributed by atoms with E-state index in [4.69, 9.17) is 9.47 Å². The molecule has 3 aromatic rings. The third-order valence-electron chi connectivity index (χ3n) is 4.36. The van der Waals surface area contributed by atoms with Crippen LogP contribution in [0.15, 0.2) is 50.8 Å². The molecule has 168 valence electrons. The number of hydrogen-bond donors (Lipinski definition) is 0. The zero-order valence-electron chi connectivity index (χ0n) is 16.5. The first-order valence-electron chi connectivity index (χ1n) is 9.13. The number of aryl methyl sites for hydroxylation is 1. The highest BCUT2D eigenvalue weighted by molar-refractivity contribution is 9.10. The smallest absolute Gasteiger partial charge is 0.273 e. The molecule has 0 atom stereocenters. The summed E-state index contributed by atoms with van der Waals surface area (Å²) in [5, 5.41) is 2.58. The Balaban J connectivity index is 1.93. The van der Waals surface area contributed by atoms with E-state index in [1.165, 1.54) is 19.1 Å². The molecule has 6 nitrogen and oxygen atoms in total. The lowest BCUT2D eigenvalue weighted by Gasteiger charge is -2.16. The minimum atomic E-state index is -1.07.